The third-order valence-corrected chi connectivity index (χ3v) is 2.29. The monoisotopic (exact) mass is 251 g/mol. The van der Waals surface area contributed by atoms with Crippen LogP contribution in [-0.4, -0.2) is 28.0 Å². The first kappa shape index (κ1) is 12.4. The predicted octanol–water partition coefficient (Wildman–Crippen LogP) is -0.972. The Bertz CT molecular complexity index is 328. The summed E-state index contributed by atoms with van der Waals surface area (Å²) in [4.78, 5) is 4.30. The van der Waals surface area contributed by atoms with Gasteiger partial charge in [0.1, 0.15) is 0 Å². The number of aryl methyl sites for hydroxylation is 1. The molecule has 0 N–H and O–H groups in total. The van der Waals surface area contributed by atoms with Crippen molar-refractivity contribution in [1.29, 1.82) is 0 Å². The quantitative estimate of drug-likeness (QED) is 0.434. The number of hydrogen-bond donors (Lipinski definition) is 0. The van der Waals surface area contributed by atoms with Gasteiger partial charge in [-0.2, -0.15) is 24.3 Å². The summed E-state index contributed by atoms with van der Waals surface area (Å²) in [6.07, 6.45) is 0. The van der Waals surface area contributed by atoms with Gasteiger partial charge in [-0.3, -0.25) is 0 Å². The first-order valence-corrected chi connectivity index (χ1v) is 3.91. The minimum Gasteiger partial charge on any atom is -1.00 e. The van der Waals surface area contributed by atoms with Gasteiger partial charge in [0.25, 0.3) is 0 Å². The molecule has 0 fully saturated rings. The van der Waals surface area contributed by atoms with Gasteiger partial charge in [0, 0.05) is 0 Å². The first-order chi connectivity index (χ1) is 4.86. The second-order valence-corrected chi connectivity index (χ2v) is 3.36. The number of fused-ring (bicyclic) bond motifs is 1. The average Bonchev–Trinajstić information content (AvgIpc) is 2.27. The molecule has 0 saturated carbocycles. The first-order valence-electron chi connectivity index (χ1n) is 3.09. The van der Waals surface area contributed by atoms with Crippen LogP contribution in [0.5, 0.6) is 0 Å². The molecule has 0 atom stereocenters. The van der Waals surface area contributed by atoms with Crippen molar-refractivity contribution < 1.29 is 17.0 Å². The van der Waals surface area contributed by atoms with Gasteiger partial charge in [-0.25, -0.2) is 0 Å². The third-order valence-electron chi connectivity index (χ3n) is 1.34. The molecule has 1 aromatic heterocycles. The van der Waals surface area contributed by atoms with Crippen LogP contribution in [0.2, 0.25) is 0 Å². The summed E-state index contributed by atoms with van der Waals surface area (Å²) in [7, 11) is 0. The summed E-state index contributed by atoms with van der Waals surface area (Å²) >= 11 is 1.72. The van der Waals surface area contributed by atoms with E-state index in [4.69, 9.17) is 0 Å². The van der Waals surface area contributed by atoms with E-state index in [1.54, 1.807) is 11.3 Å². The maximum atomic E-state index is 4.30. The minimum absolute atomic E-state index is 0. The Morgan fingerprint density at radius 3 is 2.92 bits per heavy atom. The Balaban J connectivity index is 0.000000605. The summed E-state index contributed by atoms with van der Waals surface area (Å²) < 4.78 is 1.25. The van der Waals surface area contributed by atoms with Gasteiger partial charge in [0.05, 0.1) is 5.01 Å². The van der Waals surface area contributed by atoms with Crippen molar-refractivity contribution in [3.63, 3.8) is 0 Å². The molecule has 1 nitrogen and oxygen atoms in total. The van der Waals surface area contributed by atoms with Crippen LogP contribution < -0.4 is 17.0 Å². The van der Waals surface area contributed by atoms with E-state index >= 15 is 0 Å². The molecule has 0 amide bonds. The molecule has 1 aromatic carbocycles. The number of aromatic nitrogens is 1. The molecular formula is C8H6BrMgNS. The smallest absolute Gasteiger partial charge is 1.00 e. The fourth-order valence-electron chi connectivity index (χ4n) is 0.933. The van der Waals surface area contributed by atoms with Crippen LogP contribution in [0.25, 0.3) is 10.2 Å². The second kappa shape index (κ2) is 5.16. The molecule has 0 unspecified atom stereocenters. The van der Waals surface area contributed by atoms with Crippen LogP contribution in [0.15, 0.2) is 18.2 Å². The molecule has 2 rings (SSSR count). The van der Waals surface area contributed by atoms with E-state index in [0.717, 1.165) is 10.5 Å². The normalized spacial score (nSPS) is 8.75. The van der Waals surface area contributed by atoms with E-state index in [2.05, 4.69) is 11.1 Å². The third kappa shape index (κ3) is 2.42. The summed E-state index contributed by atoms with van der Waals surface area (Å²) in [5.41, 5.74) is 1.06. The van der Waals surface area contributed by atoms with Crippen LogP contribution >= 0.6 is 11.3 Å². The zero-order valence-electron chi connectivity index (χ0n) is 6.67. The maximum absolute atomic E-state index is 4.30. The Morgan fingerprint density at radius 2 is 2.25 bits per heavy atom. The van der Waals surface area contributed by atoms with E-state index in [1.165, 1.54) is 4.70 Å². The summed E-state index contributed by atoms with van der Waals surface area (Å²) in [5, 5.41) is 1.12. The zero-order valence-corrected chi connectivity index (χ0v) is 10.5. The number of rotatable bonds is 0. The molecule has 4 heteroatoms. The van der Waals surface area contributed by atoms with Crippen LogP contribution in [0, 0.1) is 13.0 Å². The van der Waals surface area contributed by atoms with Gasteiger partial charge >= 0.3 is 23.1 Å². The molecule has 0 aliphatic heterocycles. The number of benzene rings is 1. The molecule has 0 bridgehead atoms. The van der Waals surface area contributed by atoms with Crippen LogP contribution in [-0.2, 0) is 0 Å². The van der Waals surface area contributed by atoms with Crippen molar-refractivity contribution >= 4 is 44.6 Å². The number of halogens is 1. The van der Waals surface area contributed by atoms with Crippen molar-refractivity contribution in [2.24, 2.45) is 0 Å². The standard InChI is InChI=1S/C8H6NS.BrH.Mg/c1-6-9-7-4-2-3-5-8(7)10-6;;/h3-5H,1H3;1H;/q-1;;+2/p-1. The minimum atomic E-state index is 0. The Kier molecular flexibility index (Phi) is 5.32. The van der Waals surface area contributed by atoms with E-state index < -0.39 is 0 Å². The van der Waals surface area contributed by atoms with Crippen LogP contribution in [0.3, 0.4) is 0 Å². The fraction of sp³-hybridized carbons (Fsp3) is 0.125. The Labute approximate surface area is 102 Å². The van der Waals surface area contributed by atoms with Gasteiger partial charge in [-0.05, 0) is 12.4 Å². The predicted molar refractivity (Wildman–Crippen MR) is 48.9 cm³/mol. The van der Waals surface area contributed by atoms with Crippen molar-refractivity contribution in [2.75, 3.05) is 0 Å². The largest absolute Gasteiger partial charge is 2.00 e. The second-order valence-electron chi connectivity index (χ2n) is 2.13. The fourth-order valence-corrected chi connectivity index (χ4v) is 1.74. The topological polar surface area (TPSA) is 12.9 Å². The van der Waals surface area contributed by atoms with Crippen molar-refractivity contribution in [3.8, 4) is 0 Å². The van der Waals surface area contributed by atoms with Gasteiger partial charge in [-0.15, -0.1) is 11.3 Å². The van der Waals surface area contributed by atoms with E-state index in [-0.39, 0.29) is 40.0 Å². The number of hydrogen-bond acceptors (Lipinski definition) is 2. The van der Waals surface area contributed by atoms with Gasteiger partial charge in [0.15, 0.2) is 0 Å². The van der Waals surface area contributed by atoms with Crippen molar-refractivity contribution in [3.05, 3.63) is 29.3 Å². The Morgan fingerprint density at radius 1 is 1.50 bits per heavy atom. The van der Waals surface area contributed by atoms with Gasteiger partial charge in [0.2, 0.25) is 0 Å². The van der Waals surface area contributed by atoms with Crippen LogP contribution in [0.1, 0.15) is 5.01 Å². The van der Waals surface area contributed by atoms with E-state index in [9.17, 15) is 0 Å². The van der Waals surface area contributed by atoms with Gasteiger partial charge < -0.3 is 22.0 Å². The SMILES string of the molecule is Cc1nc2c[c-]ccc2s1.[Br-].[Mg+2]. The molecule has 2 aromatic rings. The van der Waals surface area contributed by atoms with E-state index in [0.29, 0.717) is 0 Å². The van der Waals surface area contributed by atoms with Crippen molar-refractivity contribution in [2.45, 2.75) is 6.92 Å². The molecule has 0 aliphatic carbocycles. The number of thiazole rings is 1. The zero-order chi connectivity index (χ0) is 6.97. The summed E-state index contributed by atoms with van der Waals surface area (Å²) in [5.74, 6) is 0. The molecule has 0 saturated heterocycles. The molecule has 0 radical (unpaired) electrons. The van der Waals surface area contributed by atoms with Gasteiger partial charge in [-0.1, -0.05) is 4.70 Å². The summed E-state index contributed by atoms with van der Waals surface area (Å²) in [6.45, 7) is 2.02. The number of nitrogens with zero attached hydrogens (tertiary/aromatic N) is 1. The molecule has 0 aliphatic rings. The van der Waals surface area contributed by atoms with Crippen molar-refractivity contribution in [1.82, 2.24) is 4.98 Å². The molecule has 1 heterocycles. The average molecular weight is 252 g/mol. The Hall–Kier alpha value is 0.356. The molecular weight excluding hydrogens is 246 g/mol. The summed E-state index contributed by atoms with van der Waals surface area (Å²) in [6, 6.07) is 8.87. The molecule has 0 spiro atoms. The molecule has 58 valence electrons. The van der Waals surface area contributed by atoms with E-state index in [1.807, 2.05) is 25.1 Å². The van der Waals surface area contributed by atoms with Crippen LogP contribution in [0.4, 0.5) is 0 Å². The molecule has 12 heavy (non-hydrogen) atoms. The maximum Gasteiger partial charge on any atom is 2.00 e.